The van der Waals surface area contributed by atoms with E-state index in [1.807, 2.05) is 6.07 Å². The van der Waals surface area contributed by atoms with Crippen molar-refractivity contribution < 1.29 is 18.0 Å². The van der Waals surface area contributed by atoms with Gasteiger partial charge in [-0.25, -0.2) is 0 Å². The zero-order valence-electron chi connectivity index (χ0n) is 9.36. The molecule has 0 saturated heterocycles. The molecular weight excluding hydrogens is 214 g/mol. The third-order valence-electron chi connectivity index (χ3n) is 1.75. The first-order valence-electron chi connectivity index (χ1n) is 4.52. The van der Waals surface area contributed by atoms with Gasteiger partial charge in [0.1, 0.15) is 0 Å². The summed E-state index contributed by atoms with van der Waals surface area (Å²) in [5.74, 6) is 0. The molecular formula is C9H17NO4Si. The molecule has 15 heavy (non-hydrogen) atoms. The average Bonchev–Trinajstić information content (AvgIpc) is 2.29. The van der Waals surface area contributed by atoms with Crippen molar-refractivity contribution in [2.45, 2.75) is 6.42 Å². The molecule has 0 atom stereocenters. The second-order valence-corrected chi connectivity index (χ2v) is 5.37. The Balaban J connectivity index is 3.86. The summed E-state index contributed by atoms with van der Waals surface area (Å²) in [5.41, 5.74) is 1.75. The number of nitriles is 1. The Morgan fingerprint density at radius 3 is 2.27 bits per heavy atom. The minimum atomic E-state index is -2.61. The van der Waals surface area contributed by atoms with Gasteiger partial charge in [-0.05, 0) is 5.70 Å². The summed E-state index contributed by atoms with van der Waals surface area (Å²) in [4.78, 5) is 0. The van der Waals surface area contributed by atoms with E-state index >= 15 is 0 Å². The van der Waals surface area contributed by atoms with Crippen LogP contribution < -0.4 is 0 Å². The first-order valence-corrected chi connectivity index (χ1v) is 6.32. The molecule has 0 aliphatic rings. The van der Waals surface area contributed by atoms with Crippen molar-refractivity contribution in [2.24, 2.45) is 0 Å². The SMILES string of the molecule is CO[Si](C=CCOCCC#N)(OC)OC. The Morgan fingerprint density at radius 2 is 1.80 bits per heavy atom. The van der Waals surface area contributed by atoms with Crippen LogP contribution in [0.2, 0.25) is 0 Å². The van der Waals surface area contributed by atoms with Crippen molar-refractivity contribution >= 4 is 8.80 Å². The minimum Gasteiger partial charge on any atom is -0.376 e. The quantitative estimate of drug-likeness (QED) is 0.458. The lowest BCUT2D eigenvalue weighted by Crippen LogP contribution is -2.41. The Kier molecular flexibility index (Phi) is 8.18. The molecule has 0 aromatic carbocycles. The Labute approximate surface area is 91.6 Å². The fraction of sp³-hybridized carbons (Fsp3) is 0.667. The lowest BCUT2D eigenvalue weighted by Gasteiger charge is -2.20. The maximum atomic E-state index is 8.27. The van der Waals surface area contributed by atoms with Crippen molar-refractivity contribution in [3.8, 4) is 6.07 Å². The van der Waals surface area contributed by atoms with Gasteiger partial charge >= 0.3 is 8.80 Å². The number of nitrogens with zero attached hydrogens (tertiary/aromatic N) is 1. The fourth-order valence-corrected chi connectivity index (χ4v) is 2.21. The highest BCUT2D eigenvalue weighted by molar-refractivity contribution is 6.66. The highest BCUT2D eigenvalue weighted by atomic mass is 28.4. The van der Waals surface area contributed by atoms with Gasteiger partial charge in [0.25, 0.3) is 0 Å². The van der Waals surface area contributed by atoms with Crippen LogP contribution >= 0.6 is 0 Å². The molecule has 0 N–H and O–H groups in total. The molecule has 0 saturated carbocycles. The van der Waals surface area contributed by atoms with E-state index in [1.165, 1.54) is 0 Å². The normalized spacial score (nSPS) is 11.9. The molecule has 6 heteroatoms. The van der Waals surface area contributed by atoms with Crippen LogP contribution in [0.5, 0.6) is 0 Å². The van der Waals surface area contributed by atoms with Gasteiger partial charge < -0.3 is 18.0 Å². The summed E-state index contributed by atoms with van der Waals surface area (Å²) < 4.78 is 20.6. The monoisotopic (exact) mass is 231 g/mol. The van der Waals surface area contributed by atoms with Crippen LogP contribution in [0.25, 0.3) is 0 Å². The van der Waals surface area contributed by atoms with Crippen LogP contribution in [0.15, 0.2) is 11.8 Å². The van der Waals surface area contributed by atoms with Gasteiger partial charge in [0.05, 0.1) is 25.7 Å². The summed E-state index contributed by atoms with van der Waals surface area (Å²) in [5, 5.41) is 8.27. The molecule has 0 spiro atoms. The molecule has 0 aliphatic carbocycles. The maximum absolute atomic E-state index is 8.27. The van der Waals surface area contributed by atoms with E-state index in [1.54, 1.807) is 33.1 Å². The Hall–Kier alpha value is -0.713. The molecule has 86 valence electrons. The predicted octanol–water partition coefficient (Wildman–Crippen LogP) is 0.890. The average molecular weight is 231 g/mol. The highest BCUT2D eigenvalue weighted by Crippen LogP contribution is 2.07. The van der Waals surface area contributed by atoms with E-state index in [4.69, 9.17) is 23.3 Å². The summed E-state index contributed by atoms with van der Waals surface area (Å²) in [6.07, 6.45) is 2.18. The number of ether oxygens (including phenoxy) is 1. The molecule has 0 bridgehead atoms. The Bertz CT molecular complexity index is 214. The van der Waals surface area contributed by atoms with Crippen LogP contribution in [0.3, 0.4) is 0 Å². The van der Waals surface area contributed by atoms with Gasteiger partial charge in [0.2, 0.25) is 0 Å². The minimum absolute atomic E-state index is 0.398. The zero-order chi connectivity index (χ0) is 11.6. The third kappa shape index (κ3) is 5.66. The summed E-state index contributed by atoms with van der Waals surface area (Å²) >= 11 is 0. The predicted molar refractivity (Wildman–Crippen MR) is 57.0 cm³/mol. The van der Waals surface area contributed by atoms with E-state index in [-0.39, 0.29) is 0 Å². The third-order valence-corrected chi connectivity index (χ3v) is 4.10. The van der Waals surface area contributed by atoms with E-state index in [0.29, 0.717) is 19.6 Å². The molecule has 5 nitrogen and oxygen atoms in total. The van der Waals surface area contributed by atoms with Gasteiger partial charge in [-0.2, -0.15) is 5.26 Å². The first kappa shape index (κ1) is 14.3. The number of hydrogen-bond donors (Lipinski definition) is 0. The van der Waals surface area contributed by atoms with Crippen molar-refractivity contribution in [2.75, 3.05) is 34.5 Å². The van der Waals surface area contributed by atoms with Crippen LogP contribution in [0, 0.1) is 11.3 Å². The zero-order valence-corrected chi connectivity index (χ0v) is 10.4. The molecule has 0 unspecified atom stereocenters. The summed E-state index contributed by atoms with van der Waals surface area (Å²) in [6, 6.07) is 1.99. The van der Waals surface area contributed by atoms with Gasteiger partial charge in [0.15, 0.2) is 0 Å². The first-order chi connectivity index (χ1) is 7.24. The molecule has 0 rings (SSSR count). The van der Waals surface area contributed by atoms with E-state index in [0.717, 1.165) is 0 Å². The van der Waals surface area contributed by atoms with Crippen molar-refractivity contribution in [1.29, 1.82) is 5.26 Å². The van der Waals surface area contributed by atoms with Crippen LogP contribution in [-0.2, 0) is 18.0 Å². The molecule has 0 radical (unpaired) electrons. The molecule has 0 aliphatic heterocycles. The van der Waals surface area contributed by atoms with E-state index in [2.05, 4.69) is 0 Å². The standard InChI is InChI=1S/C9H17NO4Si/c1-11-15(12-2,13-3)9-5-8-14-7-4-6-10/h5,9H,4,7-8H2,1-3H3. The molecule has 0 amide bonds. The smallest absolute Gasteiger partial charge is 0.376 e. The lowest BCUT2D eigenvalue weighted by atomic mass is 10.5. The second kappa shape index (κ2) is 8.58. The second-order valence-electron chi connectivity index (χ2n) is 2.60. The summed E-state index contributed by atoms with van der Waals surface area (Å²) in [6.45, 7) is 0.856. The number of rotatable bonds is 8. The fourth-order valence-electron chi connectivity index (χ4n) is 0.916. The van der Waals surface area contributed by atoms with Gasteiger partial charge in [-0.1, -0.05) is 6.08 Å². The topological polar surface area (TPSA) is 60.7 Å². The van der Waals surface area contributed by atoms with E-state index in [9.17, 15) is 0 Å². The molecule has 0 aromatic rings. The molecule has 0 aromatic heterocycles. The maximum Gasteiger partial charge on any atom is 0.528 e. The van der Waals surface area contributed by atoms with Gasteiger partial charge in [0, 0.05) is 21.3 Å². The van der Waals surface area contributed by atoms with Gasteiger partial charge in [-0.15, -0.1) is 0 Å². The van der Waals surface area contributed by atoms with Gasteiger partial charge in [-0.3, -0.25) is 0 Å². The van der Waals surface area contributed by atoms with Crippen LogP contribution in [0.1, 0.15) is 6.42 Å². The van der Waals surface area contributed by atoms with Crippen molar-refractivity contribution in [3.05, 3.63) is 11.8 Å². The highest BCUT2D eigenvalue weighted by Gasteiger charge is 2.34. The Morgan fingerprint density at radius 1 is 1.20 bits per heavy atom. The van der Waals surface area contributed by atoms with E-state index < -0.39 is 8.80 Å². The number of hydrogen-bond acceptors (Lipinski definition) is 5. The van der Waals surface area contributed by atoms with Crippen molar-refractivity contribution in [3.63, 3.8) is 0 Å². The van der Waals surface area contributed by atoms with Crippen molar-refractivity contribution in [1.82, 2.24) is 0 Å². The molecule has 0 fully saturated rings. The van der Waals surface area contributed by atoms with Crippen LogP contribution in [0.4, 0.5) is 0 Å². The summed E-state index contributed by atoms with van der Waals surface area (Å²) in [7, 11) is 2.01. The lowest BCUT2D eigenvalue weighted by molar-refractivity contribution is 0.137. The molecule has 0 heterocycles. The van der Waals surface area contributed by atoms with Crippen LogP contribution in [-0.4, -0.2) is 43.3 Å². The largest absolute Gasteiger partial charge is 0.528 e.